The quantitative estimate of drug-likeness (QED) is 0.645. The molecule has 0 saturated heterocycles. The number of pyridine rings is 1. The lowest BCUT2D eigenvalue weighted by atomic mass is 10.1. The van der Waals surface area contributed by atoms with Gasteiger partial charge in [0.15, 0.2) is 0 Å². The van der Waals surface area contributed by atoms with E-state index in [0.717, 1.165) is 16.9 Å². The Morgan fingerprint density at radius 1 is 0.958 bits per heavy atom. The summed E-state index contributed by atoms with van der Waals surface area (Å²) in [5.74, 6) is 1.90. The molecule has 1 heterocycles. The first kappa shape index (κ1) is 16.4. The van der Waals surface area contributed by atoms with Crippen LogP contribution in [0.5, 0.6) is 11.5 Å². The molecule has 0 saturated carbocycles. The van der Waals surface area contributed by atoms with E-state index in [1.54, 1.807) is 23.9 Å². The lowest BCUT2D eigenvalue weighted by Gasteiger charge is -2.10. The maximum Gasteiger partial charge on any atom is 0.126 e. The van der Waals surface area contributed by atoms with Gasteiger partial charge in [-0.15, -0.1) is 11.8 Å². The first-order valence-electron chi connectivity index (χ1n) is 7.74. The lowest BCUT2D eigenvalue weighted by molar-refractivity contribution is 0.302. The minimum atomic E-state index is 0.260. The Kier molecular flexibility index (Phi) is 5.39. The molecule has 4 heteroatoms. The zero-order valence-electron chi connectivity index (χ0n) is 13.5. The minimum absolute atomic E-state index is 0.260. The highest BCUT2D eigenvalue weighted by atomic mass is 32.2. The molecule has 0 aliphatic heterocycles. The normalized spacial score (nSPS) is 10.5. The average Bonchev–Trinajstić information content (AvgIpc) is 2.63. The van der Waals surface area contributed by atoms with Crippen LogP contribution in [0.15, 0.2) is 71.9 Å². The Morgan fingerprint density at radius 2 is 1.67 bits per heavy atom. The summed E-state index contributed by atoms with van der Waals surface area (Å²) >= 11 is 1.79. The predicted octanol–water partition coefficient (Wildman–Crippen LogP) is 4.97. The largest absolute Gasteiger partial charge is 0.508 e. The van der Waals surface area contributed by atoms with Crippen LogP contribution in [0.25, 0.3) is 0 Å². The van der Waals surface area contributed by atoms with Crippen molar-refractivity contribution < 1.29 is 9.84 Å². The number of aromatic hydroxyl groups is 1. The third-order valence-electron chi connectivity index (χ3n) is 3.73. The molecule has 3 rings (SSSR count). The van der Waals surface area contributed by atoms with Crippen LogP contribution >= 0.6 is 11.8 Å². The van der Waals surface area contributed by atoms with E-state index in [0.29, 0.717) is 12.4 Å². The van der Waals surface area contributed by atoms with E-state index in [4.69, 9.17) is 4.74 Å². The number of aromatic nitrogens is 1. The van der Waals surface area contributed by atoms with Crippen LogP contribution in [0.1, 0.15) is 16.7 Å². The maximum absolute atomic E-state index is 9.70. The number of ether oxygens (including phenoxy) is 1. The van der Waals surface area contributed by atoms with Crippen molar-refractivity contribution in [3.8, 4) is 11.5 Å². The molecule has 24 heavy (non-hydrogen) atoms. The van der Waals surface area contributed by atoms with Gasteiger partial charge in [0, 0.05) is 28.6 Å². The van der Waals surface area contributed by atoms with Crippen LogP contribution in [0, 0.1) is 6.92 Å². The first-order valence-corrected chi connectivity index (χ1v) is 8.73. The highest BCUT2D eigenvalue weighted by molar-refractivity contribution is 7.98. The van der Waals surface area contributed by atoms with Gasteiger partial charge in [0.05, 0.1) is 0 Å². The number of phenols is 1. The molecule has 0 unspecified atom stereocenters. The summed E-state index contributed by atoms with van der Waals surface area (Å²) in [5, 5.41) is 9.70. The molecule has 0 radical (unpaired) electrons. The summed E-state index contributed by atoms with van der Waals surface area (Å²) < 4.78 is 5.80. The highest BCUT2D eigenvalue weighted by Gasteiger charge is 2.04. The summed E-state index contributed by atoms with van der Waals surface area (Å²) in [6.45, 7) is 2.34. The van der Waals surface area contributed by atoms with Crippen LogP contribution in [0.3, 0.4) is 0 Å². The molecule has 0 bridgehead atoms. The third-order valence-corrected chi connectivity index (χ3v) is 4.81. The Labute approximate surface area is 146 Å². The van der Waals surface area contributed by atoms with Crippen LogP contribution in [-0.2, 0) is 12.4 Å². The lowest BCUT2D eigenvalue weighted by Crippen LogP contribution is -1.97. The van der Waals surface area contributed by atoms with Gasteiger partial charge in [-0.3, -0.25) is 4.98 Å². The van der Waals surface area contributed by atoms with E-state index in [2.05, 4.69) is 29.2 Å². The molecule has 0 amide bonds. The predicted molar refractivity (Wildman–Crippen MR) is 97.4 cm³/mol. The van der Waals surface area contributed by atoms with Crippen LogP contribution in [-0.4, -0.2) is 10.1 Å². The van der Waals surface area contributed by atoms with Crippen molar-refractivity contribution in [1.82, 2.24) is 4.98 Å². The molecule has 0 fully saturated rings. The number of hydrogen-bond acceptors (Lipinski definition) is 4. The molecule has 0 aliphatic rings. The summed E-state index contributed by atoms with van der Waals surface area (Å²) in [6.07, 6.45) is 3.62. The van der Waals surface area contributed by atoms with Crippen LogP contribution < -0.4 is 4.74 Å². The van der Waals surface area contributed by atoms with Gasteiger partial charge in [-0.05, 0) is 42.3 Å². The highest BCUT2D eigenvalue weighted by Crippen LogP contribution is 2.27. The second kappa shape index (κ2) is 7.88. The topological polar surface area (TPSA) is 42.4 Å². The van der Waals surface area contributed by atoms with Gasteiger partial charge in [-0.1, -0.05) is 30.3 Å². The second-order valence-electron chi connectivity index (χ2n) is 5.48. The van der Waals surface area contributed by atoms with Gasteiger partial charge in [0.1, 0.15) is 18.1 Å². The van der Waals surface area contributed by atoms with Gasteiger partial charge in [0.2, 0.25) is 0 Å². The zero-order valence-corrected chi connectivity index (χ0v) is 14.3. The van der Waals surface area contributed by atoms with Crippen molar-refractivity contribution in [2.75, 3.05) is 0 Å². The number of thioether (sulfide) groups is 1. The Balaban J connectivity index is 1.55. The van der Waals surface area contributed by atoms with Gasteiger partial charge in [0.25, 0.3) is 0 Å². The smallest absolute Gasteiger partial charge is 0.126 e. The Morgan fingerprint density at radius 3 is 2.42 bits per heavy atom. The monoisotopic (exact) mass is 337 g/mol. The van der Waals surface area contributed by atoms with E-state index in [-0.39, 0.29) is 5.75 Å². The SMILES string of the molecule is Cc1c(O)cccc1OCc1ccc(CSc2ccncc2)cc1. The van der Waals surface area contributed by atoms with Crippen LogP contribution in [0.4, 0.5) is 0 Å². The second-order valence-corrected chi connectivity index (χ2v) is 6.53. The number of benzene rings is 2. The number of rotatable bonds is 6. The molecule has 3 aromatic rings. The number of hydrogen-bond donors (Lipinski definition) is 1. The minimum Gasteiger partial charge on any atom is -0.508 e. The molecule has 122 valence electrons. The fourth-order valence-electron chi connectivity index (χ4n) is 2.25. The van der Waals surface area contributed by atoms with Crippen molar-refractivity contribution >= 4 is 11.8 Å². The van der Waals surface area contributed by atoms with Crippen LogP contribution in [0.2, 0.25) is 0 Å². The van der Waals surface area contributed by atoms with Crippen molar-refractivity contribution in [3.63, 3.8) is 0 Å². The summed E-state index contributed by atoms with van der Waals surface area (Å²) in [5.41, 5.74) is 3.15. The standard InChI is InChI=1S/C20H19NO2S/c1-15-19(22)3-2-4-20(15)23-13-16-5-7-17(8-6-16)14-24-18-9-11-21-12-10-18/h2-12,22H,13-14H2,1H3. The van der Waals surface area contributed by atoms with E-state index < -0.39 is 0 Å². The average molecular weight is 337 g/mol. The van der Waals surface area contributed by atoms with Crippen molar-refractivity contribution in [2.24, 2.45) is 0 Å². The van der Waals surface area contributed by atoms with Gasteiger partial charge in [-0.25, -0.2) is 0 Å². The first-order chi connectivity index (χ1) is 11.7. The molecular formula is C20H19NO2S. The van der Waals surface area contributed by atoms with Gasteiger partial charge >= 0.3 is 0 Å². The summed E-state index contributed by atoms with van der Waals surface area (Å²) in [6, 6.07) is 17.8. The third kappa shape index (κ3) is 4.30. The zero-order chi connectivity index (χ0) is 16.8. The molecule has 2 aromatic carbocycles. The van der Waals surface area contributed by atoms with E-state index >= 15 is 0 Å². The molecule has 0 aliphatic carbocycles. The molecule has 3 nitrogen and oxygen atoms in total. The summed E-state index contributed by atoms with van der Waals surface area (Å²) in [4.78, 5) is 5.25. The molecular weight excluding hydrogens is 318 g/mol. The fraction of sp³-hybridized carbons (Fsp3) is 0.150. The van der Waals surface area contributed by atoms with Crippen molar-refractivity contribution in [1.29, 1.82) is 0 Å². The van der Waals surface area contributed by atoms with E-state index in [1.165, 1.54) is 10.5 Å². The fourth-order valence-corrected chi connectivity index (χ4v) is 3.09. The number of phenolic OH excluding ortho intramolecular Hbond substituents is 1. The number of nitrogens with zero attached hydrogens (tertiary/aromatic N) is 1. The maximum atomic E-state index is 9.70. The van der Waals surface area contributed by atoms with E-state index in [9.17, 15) is 5.11 Å². The van der Waals surface area contributed by atoms with Gasteiger partial charge < -0.3 is 9.84 Å². The molecule has 1 aromatic heterocycles. The van der Waals surface area contributed by atoms with Gasteiger partial charge in [-0.2, -0.15) is 0 Å². The Bertz CT molecular complexity index is 788. The van der Waals surface area contributed by atoms with Crippen molar-refractivity contribution in [2.45, 2.75) is 24.2 Å². The summed E-state index contributed by atoms with van der Waals surface area (Å²) in [7, 11) is 0. The molecule has 0 atom stereocenters. The van der Waals surface area contributed by atoms with Crippen molar-refractivity contribution in [3.05, 3.63) is 83.7 Å². The van der Waals surface area contributed by atoms with E-state index in [1.807, 2.05) is 37.5 Å². The molecule has 1 N–H and O–H groups in total. The Hall–Kier alpha value is -2.46. The molecule has 0 spiro atoms.